The van der Waals surface area contributed by atoms with E-state index in [2.05, 4.69) is 9.46 Å². The summed E-state index contributed by atoms with van der Waals surface area (Å²) >= 11 is 0. The molecule has 0 unspecified atom stereocenters. The van der Waals surface area contributed by atoms with Gasteiger partial charge in [0.05, 0.1) is 12.0 Å². The summed E-state index contributed by atoms with van der Waals surface area (Å²) in [5.41, 5.74) is 1.48. The van der Waals surface area contributed by atoms with Crippen molar-refractivity contribution in [2.24, 2.45) is 0 Å². The van der Waals surface area contributed by atoms with Crippen LogP contribution in [-0.4, -0.2) is 46.5 Å². The number of hydrogen-bond donors (Lipinski definition) is 1. The lowest BCUT2D eigenvalue weighted by atomic mass is 9.87. The van der Waals surface area contributed by atoms with E-state index in [1.54, 1.807) is 37.4 Å². The van der Waals surface area contributed by atoms with Crippen LogP contribution in [0.15, 0.2) is 47.4 Å². The van der Waals surface area contributed by atoms with Crippen LogP contribution in [0.2, 0.25) is 0 Å². The van der Waals surface area contributed by atoms with Gasteiger partial charge in [0, 0.05) is 26.6 Å². The zero-order valence-corrected chi connectivity index (χ0v) is 20.2. The lowest BCUT2D eigenvalue weighted by Crippen LogP contribution is -2.32. The van der Waals surface area contributed by atoms with E-state index in [0.717, 1.165) is 5.56 Å². The molecule has 2 aromatic rings. The van der Waals surface area contributed by atoms with Crippen LogP contribution < -0.4 is 14.2 Å². The van der Waals surface area contributed by atoms with Crippen LogP contribution in [0.25, 0.3) is 0 Å². The van der Waals surface area contributed by atoms with Crippen LogP contribution in [0.1, 0.15) is 38.3 Å². The Hall–Kier alpha value is -2.72. The minimum absolute atomic E-state index is 0.0631. The third-order valence-corrected chi connectivity index (χ3v) is 6.43. The number of methoxy groups -OCH3 is 1. The van der Waals surface area contributed by atoms with Crippen LogP contribution in [0.4, 0.5) is 8.78 Å². The zero-order chi connectivity index (χ0) is 24.8. The Bertz CT molecular complexity index is 1050. The van der Waals surface area contributed by atoms with Gasteiger partial charge in [0.2, 0.25) is 15.9 Å². The van der Waals surface area contributed by atoms with Crippen molar-refractivity contribution >= 4 is 15.9 Å². The smallest absolute Gasteiger partial charge is 0.387 e. The van der Waals surface area contributed by atoms with E-state index in [0.29, 0.717) is 5.56 Å². The molecule has 0 aliphatic heterocycles. The van der Waals surface area contributed by atoms with Gasteiger partial charge in [0.1, 0.15) is 0 Å². The number of ether oxygens (including phenoxy) is 2. The highest BCUT2D eigenvalue weighted by atomic mass is 32.2. The minimum Gasteiger partial charge on any atom is -0.493 e. The summed E-state index contributed by atoms with van der Waals surface area (Å²) in [6.45, 7) is 3.16. The maximum absolute atomic E-state index is 12.6. The fourth-order valence-corrected chi connectivity index (χ4v) is 4.10. The molecular weight excluding hydrogens is 454 g/mol. The maximum Gasteiger partial charge on any atom is 0.387 e. The van der Waals surface area contributed by atoms with Crippen LogP contribution in [0.3, 0.4) is 0 Å². The highest BCUT2D eigenvalue weighted by Crippen LogP contribution is 2.30. The van der Waals surface area contributed by atoms with E-state index in [-0.39, 0.29) is 47.2 Å². The van der Waals surface area contributed by atoms with Gasteiger partial charge < -0.3 is 14.4 Å². The third kappa shape index (κ3) is 7.68. The maximum atomic E-state index is 12.6. The predicted molar refractivity (Wildman–Crippen MR) is 121 cm³/mol. The molecule has 0 saturated heterocycles. The van der Waals surface area contributed by atoms with Crippen LogP contribution in [-0.2, 0) is 26.8 Å². The zero-order valence-electron chi connectivity index (χ0n) is 19.4. The van der Waals surface area contributed by atoms with E-state index in [1.807, 2.05) is 20.8 Å². The minimum atomic E-state index is -3.75. The second-order valence-corrected chi connectivity index (χ2v) is 10.3. The van der Waals surface area contributed by atoms with Crippen LogP contribution in [0.5, 0.6) is 11.5 Å². The Morgan fingerprint density at radius 3 is 2.27 bits per heavy atom. The Morgan fingerprint density at radius 2 is 1.73 bits per heavy atom. The first-order valence-electron chi connectivity index (χ1n) is 10.3. The van der Waals surface area contributed by atoms with Crippen molar-refractivity contribution in [3.05, 3.63) is 53.6 Å². The summed E-state index contributed by atoms with van der Waals surface area (Å²) in [5, 5.41) is 0. The van der Waals surface area contributed by atoms with Gasteiger partial charge in [-0.2, -0.15) is 8.78 Å². The topological polar surface area (TPSA) is 84.9 Å². The quantitative estimate of drug-likeness (QED) is 0.553. The molecule has 1 N–H and O–H groups in total. The number of nitrogens with one attached hydrogen (secondary N) is 1. The molecule has 2 rings (SSSR count). The van der Waals surface area contributed by atoms with Gasteiger partial charge >= 0.3 is 6.61 Å². The normalized spacial score (nSPS) is 12.0. The molecule has 1 amide bonds. The molecule has 0 fully saturated rings. The van der Waals surface area contributed by atoms with Crippen molar-refractivity contribution in [3.8, 4) is 11.5 Å². The number of hydrogen-bond acceptors (Lipinski definition) is 5. The number of alkyl halides is 2. The summed E-state index contributed by atoms with van der Waals surface area (Å²) in [6, 6.07) is 11.1. The van der Waals surface area contributed by atoms with Crippen molar-refractivity contribution in [1.29, 1.82) is 0 Å². The van der Waals surface area contributed by atoms with E-state index >= 15 is 0 Å². The number of benzene rings is 2. The van der Waals surface area contributed by atoms with Crippen LogP contribution >= 0.6 is 0 Å². The summed E-state index contributed by atoms with van der Waals surface area (Å²) in [7, 11) is -0.872. The molecule has 0 spiro atoms. The molecule has 0 saturated carbocycles. The molecule has 0 aromatic heterocycles. The molecule has 0 aliphatic carbocycles. The Balaban J connectivity index is 1.94. The average Bonchev–Trinajstić information content (AvgIpc) is 2.72. The molecule has 0 aliphatic rings. The number of amides is 1. The number of halogens is 2. The molecule has 33 heavy (non-hydrogen) atoms. The van der Waals surface area contributed by atoms with Gasteiger partial charge in [-0.3, -0.25) is 4.79 Å². The molecular formula is C23H30F2N2O5S. The first kappa shape index (κ1) is 26.5. The summed E-state index contributed by atoms with van der Waals surface area (Å²) in [5.74, 6) is -0.290. The highest BCUT2D eigenvalue weighted by Gasteiger charge is 2.19. The van der Waals surface area contributed by atoms with Gasteiger partial charge in [0.15, 0.2) is 11.5 Å². The second-order valence-electron chi connectivity index (χ2n) is 8.54. The second kappa shape index (κ2) is 10.9. The van der Waals surface area contributed by atoms with Gasteiger partial charge in [0.25, 0.3) is 0 Å². The number of sulfonamides is 1. The summed E-state index contributed by atoms with van der Waals surface area (Å²) < 4.78 is 62.1. The first-order chi connectivity index (χ1) is 15.3. The Labute approximate surface area is 193 Å². The van der Waals surface area contributed by atoms with Crippen molar-refractivity contribution in [2.75, 3.05) is 20.7 Å². The largest absolute Gasteiger partial charge is 0.493 e. The van der Waals surface area contributed by atoms with E-state index in [1.165, 1.54) is 24.1 Å². The number of carbonyl (C=O) groups excluding carboxylic acids is 1. The Morgan fingerprint density at radius 1 is 1.09 bits per heavy atom. The molecule has 182 valence electrons. The lowest BCUT2D eigenvalue weighted by molar-refractivity contribution is -0.130. The van der Waals surface area contributed by atoms with E-state index in [9.17, 15) is 22.0 Å². The Kier molecular flexibility index (Phi) is 8.79. The third-order valence-electron chi connectivity index (χ3n) is 4.95. The summed E-state index contributed by atoms with van der Waals surface area (Å²) in [6.07, 6.45) is -0.0631. The molecule has 7 nitrogen and oxygen atoms in total. The van der Waals surface area contributed by atoms with Gasteiger partial charge in [-0.15, -0.1) is 0 Å². The molecule has 0 bridgehead atoms. The average molecular weight is 485 g/mol. The summed E-state index contributed by atoms with van der Waals surface area (Å²) in [4.78, 5) is 13.9. The van der Waals surface area contributed by atoms with Gasteiger partial charge in [-0.1, -0.05) is 39.0 Å². The number of rotatable bonds is 10. The van der Waals surface area contributed by atoms with Crippen molar-refractivity contribution in [1.82, 2.24) is 9.62 Å². The van der Waals surface area contributed by atoms with E-state index < -0.39 is 16.6 Å². The molecule has 0 radical (unpaired) electrons. The van der Waals surface area contributed by atoms with Crippen molar-refractivity contribution in [3.63, 3.8) is 0 Å². The van der Waals surface area contributed by atoms with Crippen LogP contribution in [0, 0.1) is 0 Å². The number of carbonyl (C=O) groups is 1. The van der Waals surface area contributed by atoms with Crippen molar-refractivity contribution < 1.29 is 31.5 Å². The first-order valence-corrected chi connectivity index (χ1v) is 11.8. The molecule has 10 heteroatoms. The standard InChI is InChI=1S/C23H30F2N2O5S/c1-23(2,3)17-7-9-18(10-8-17)33(29,30)26-13-12-21(28)27(4)15-16-6-11-19(31-5)20(14-16)32-22(24)25/h6-11,14,22,26H,12-13,15H2,1-5H3. The monoisotopic (exact) mass is 484 g/mol. The number of nitrogens with zero attached hydrogens (tertiary/aromatic N) is 1. The SMILES string of the molecule is COc1ccc(CN(C)C(=O)CCNS(=O)(=O)c2ccc(C(C)(C)C)cc2)cc1OC(F)F. The predicted octanol–water partition coefficient (Wildman–Crippen LogP) is 3.92. The fraction of sp³-hybridized carbons (Fsp3) is 0.435. The highest BCUT2D eigenvalue weighted by molar-refractivity contribution is 7.89. The van der Waals surface area contributed by atoms with E-state index in [4.69, 9.17) is 4.74 Å². The molecule has 0 heterocycles. The lowest BCUT2D eigenvalue weighted by Gasteiger charge is -2.19. The molecule has 2 aromatic carbocycles. The van der Waals surface area contributed by atoms with Gasteiger partial charge in [-0.05, 0) is 40.8 Å². The molecule has 0 atom stereocenters. The fourth-order valence-electron chi connectivity index (χ4n) is 3.07. The van der Waals surface area contributed by atoms with Crippen molar-refractivity contribution in [2.45, 2.75) is 50.7 Å². The van der Waals surface area contributed by atoms with Gasteiger partial charge in [-0.25, -0.2) is 13.1 Å².